The summed E-state index contributed by atoms with van der Waals surface area (Å²) in [6.45, 7) is 0. The van der Waals surface area contributed by atoms with Crippen molar-refractivity contribution >= 4 is 34.9 Å². The summed E-state index contributed by atoms with van der Waals surface area (Å²) in [5, 5.41) is 0. The molecule has 2 nitrogen and oxygen atoms in total. The van der Waals surface area contributed by atoms with Crippen molar-refractivity contribution in [3.63, 3.8) is 0 Å². The van der Waals surface area contributed by atoms with E-state index in [1.807, 2.05) is 0 Å². The number of aromatic nitrogens is 2. The van der Waals surface area contributed by atoms with Crippen LogP contribution in [0.2, 0.25) is 0 Å². The van der Waals surface area contributed by atoms with Crippen LogP contribution in [0.5, 0.6) is 0 Å². The van der Waals surface area contributed by atoms with Gasteiger partial charge in [0.15, 0.2) is 4.34 Å². The Morgan fingerprint density at radius 1 is 1.70 bits per heavy atom. The van der Waals surface area contributed by atoms with Crippen LogP contribution in [-0.2, 0) is 0 Å². The van der Waals surface area contributed by atoms with Gasteiger partial charge in [0.2, 0.25) is 0 Å². The van der Waals surface area contributed by atoms with Crippen molar-refractivity contribution in [1.82, 2.24) is 9.36 Å². The van der Waals surface area contributed by atoms with Crippen LogP contribution in [-0.4, -0.2) is 21.0 Å². The van der Waals surface area contributed by atoms with Crippen LogP contribution in [0.1, 0.15) is 6.42 Å². The van der Waals surface area contributed by atoms with Crippen LogP contribution in [0, 0.1) is 0 Å². The van der Waals surface area contributed by atoms with Gasteiger partial charge in [0, 0.05) is 11.6 Å². The second kappa shape index (κ2) is 4.93. The fourth-order valence-corrected chi connectivity index (χ4v) is 2.19. The molecule has 0 saturated heterocycles. The van der Waals surface area contributed by atoms with E-state index in [0.29, 0.717) is 0 Å². The Bertz CT molecular complexity index is 166. The molecule has 1 aromatic heterocycles. The zero-order valence-electron chi connectivity index (χ0n) is 5.29. The van der Waals surface area contributed by atoms with E-state index in [0.717, 1.165) is 22.4 Å². The van der Waals surface area contributed by atoms with E-state index in [1.54, 1.807) is 18.1 Å². The number of hydrogen-bond acceptors (Lipinski definition) is 4. The van der Waals surface area contributed by atoms with E-state index in [1.165, 1.54) is 11.5 Å². The predicted octanol–water partition coefficient (Wildman–Crippen LogP) is 2.26. The highest BCUT2D eigenvalue weighted by Crippen LogP contribution is 2.18. The van der Waals surface area contributed by atoms with Gasteiger partial charge in [-0.25, -0.2) is 4.98 Å². The molecule has 0 aliphatic rings. The van der Waals surface area contributed by atoms with Gasteiger partial charge in [0.25, 0.3) is 0 Å². The normalized spacial score (nSPS) is 10.1. The lowest BCUT2D eigenvalue weighted by Gasteiger charge is -1.90. The summed E-state index contributed by atoms with van der Waals surface area (Å²) < 4.78 is 4.91. The van der Waals surface area contributed by atoms with Gasteiger partial charge in [0.1, 0.15) is 6.33 Å². The van der Waals surface area contributed by atoms with Gasteiger partial charge in [-0.15, -0.1) is 11.6 Å². The maximum Gasteiger partial charge on any atom is 0.169 e. The quantitative estimate of drug-likeness (QED) is 0.418. The molecule has 0 spiro atoms. The van der Waals surface area contributed by atoms with Crippen molar-refractivity contribution in [2.45, 2.75) is 10.8 Å². The third-order valence-electron chi connectivity index (χ3n) is 0.845. The molecule has 0 N–H and O–H groups in total. The molecular formula is C5H7ClN2S2. The molecule has 0 aliphatic carbocycles. The summed E-state index contributed by atoms with van der Waals surface area (Å²) in [5.74, 6) is 1.77. The summed E-state index contributed by atoms with van der Waals surface area (Å²) in [5.41, 5.74) is 0. The molecule has 10 heavy (non-hydrogen) atoms. The van der Waals surface area contributed by atoms with E-state index >= 15 is 0 Å². The van der Waals surface area contributed by atoms with Gasteiger partial charge < -0.3 is 0 Å². The smallest absolute Gasteiger partial charge is 0.169 e. The molecule has 0 radical (unpaired) electrons. The van der Waals surface area contributed by atoms with Crippen LogP contribution >= 0.6 is 34.9 Å². The van der Waals surface area contributed by atoms with Crippen molar-refractivity contribution in [1.29, 1.82) is 0 Å². The van der Waals surface area contributed by atoms with Crippen LogP contribution in [0.4, 0.5) is 0 Å². The first kappa shape index (κ1) is 8.30. The number of hydrogen-bond donors (Lipinski definition) is 0. The average molecular weight is 195 g/mol. The molecule has 0 fully saturated rings. The second-order valence-corrected chi connectivity index (χ2v) is 4.10. The average Bonchev–Trinajstić information content (AvgIpc) is 2.41. The monoisotopic (exact) mass is 194 g/mol. The molecular weight excluding hydrogens is 188 g/mol. The lowest BCUT2D eigenvalue weighted by atomic mass is 10.6. The number of rotatable bonds is 4. The maximum atomic E-state index is 5.50. The van der Waals surface area contributed by atoms with Crippen molar-refractivity contribution in [2.24, 2.45) is 0 Å². The first-order valence-electron chi connectivity index (χ1n) is 2.89. The van der Waals surface area contributed by atoms with E-state index in [-0.39, 0.29) is 0 Å². The van der Waals surface area contributed by atoms with Crippen molar-refractivity contribution in [3.8, 4) is 0 Å². The number of nitrogens with zero attached hydrogens (tertiary/aromatic N) is 2. The van der Waals surface area contributed by atoms with Crippen LogP contribution in [0.15, 0.2) is 10.7 Å². The van der Waals surface area contributed by atoms with E-state index in [9.17, 15) is 0 Å². The summed E-state index contributed by atoms with van der Waals surface area (Å²) in [6, 6.07) is 0. The molecule has 0 atom stereocenters. The first-order valence-corrected chi connectivity index (χ1v) is 5.18. The van der Waals surface area contributed by atoms with E-state index in [2.05, 4.69) is 9.36 Å². The summed E-state index contributed by atoms with van der Waals surface area (Å²) >= 11 is 8.64. The first-order chi connectivity index (χ1) is 4.93. The minimum atomic E-state index is 0.728. The number of halogens is 1. The van der Waals surface area contributed by atoms with Crippen molar-refractivity contribution in [3.05, 3.63) is 6.33 Å². The van der Waals surface area contributed by atoms with Crippen LogP contribution in [0.25, 0.3) is 0 Å². The lowest BCUT2D eigenvalue weighted by Crippen LogP contribution is -1.78. The molecule has 0 saturated carbocycles. The van der Waals surface area contributed by atoms with E-state index in [4.69, 9.17) is 11.6 Å². The van der Waals surface area contributed by atoms with Crippen molar-refractivity contribution in [2.75, 3.05) is 11.6 Å². The maximum absolute atomic E-state index is 5.50. The molecule has 0 aliphatic heterocycles. The molecule has 0 amide bonds. The van der Waals surface area contributed by atoms with Gasteiger partial charge >= 0.3 is 0 Å². The van der Waals surface area contributed by atoms with Crippen LogP contribution < -0.4 is 0 Å². The summed E-state index contributed by atoms with van der Waals surface area (Å²) in [6.07, 6.45) is 2.61. The second-order valence-electron chi connectivity index (χ2n) is 1.60. The molecule has 1 heterocycles. The Hall–Kier alpha value is 0.200. The fourth-order valence-electron chi connectivity index (χ4n) is 0.441. The minimum Gasteiger partial charge on any atom is -0.216 e. The number of alkyl halides is 1. The standard InChI is InChI=1S/C5H7ClN2S2/c6-2-1-3-9-5-7-4-8-10-5/h4H,1-3H2. The highest BCUT2D eigenvalue weighted by atomic mass is 35.5. The molecule has 0 unspecified atom stereocenters. The number of thioether (sulfide) groups is 1. The largest absolute Gasteiger partial charge is 0.216 e. The Balaban J connectivity index is 2.15. The highest BCUT2D eigenvalue weighted by molar-refractivity contribution is 8.00. The minimum absolute atomic E-state index is 0.728. The van der Waals surface area contributed by atoms with Gasteiger partial charge in [-0.05, 0) is 18.0 Å². The fraction of sp³-hybridized carbons (Fsp3) is 0.600. The van der Waals surface area contributed by atoms with Crippen LogP contribution in [0.3, 0.4) is 0 Å². The third-order valence-corrected chi connectivity index (χ3v) is 3.00. The summed E-state index contributed by atoms with van der Waals surface area (Å²) in [7, 11) is 0. The lowest BCUT2D eigenvalue weighted by molar-refractivity contribution is 1.11. The molecule has 0 bridgehead atoms. The third kappa shape index (κ3) is 2.86. The zero-order chi connectivity index (χ0) is 7.23. The Morgan fingerprint density at radius 3 is 3.20 bits per heavy atom. The molecule has 0 aromatic carbocycles. The molecule has 1 rings (SSSR count). The van der Waals surface area contributed by atoms with E-state index < -0.39 is 0 Å². The van der Waals surface area contributed by atoms with Crippen molar-refractivity contribution < 1.29 is 0 Å². The zero-order valence-corrected chi connectivity index (χ0v) is 7.68. The molecule has 1 aromatic rings. The van der Waals surface area contributed by atoms with Gasteiger partial charge in [-0.2, -0.15) is 4.37 Å². The Kier molecular flexibility index (Phi) is 4.09. The Labute approximate surface area is 73.2 Å². The molecule has 56 valence electrons. The SMILES string of the molecule is ClCCCSc1ncns1. The summed E-state index contributed by atoms with van der Waals surface area (Å²) in [4.78, 5) is 4.02. The Morgan fingerprint density at radius 2 is 2.60 bits per heavy atom. The van der Waals surface area contributed by atoms with Gasteiger partial charge in [-0.1, -0.05) is 11.8 Å². The van der Waals surface area contributed by atoms with Gasteiger partial charge in [-0.3, -0.25) is 0 Å². The molecule has 5 heteroatoms. The highest BCUT2D eigenvalue weighted by Gasteiger charge is 1.94. The predicted molar refractivity (Wildman–Crippen MR) is 46.0 cm³/mol. The topological polar surface area (TPSA) is 25.8 Å². The van der Waals surface area contributed by atoms with Gasteiger partial charge in [0.05, 0.1) is 0 Å².